The van der Waals surface area contributed by atoms with E-state index in [9.17, 15) is 0 Å². The van der Waals surface area contributed by atoms with Crippen LogP contribution in [0.2, 0.25) is 0 Å². The minimum atomic E-state index is 0.391. The van der Waals surface area contributed by atoms with Crippen LogP contribution in [0, 0.1) is 5.92 Å². The summed E-state index contributed by atoms with van der Waals surface area (Å²) in [6.07, 6.45) is 3.27. The molecule has 0 amide bonds. The summed E-state index contributed by atoms with van der Waals surface area (Å²) < 4.78 is 11.3. The van der Waals surface area contributed by atoms with Gasteiger partial charge in [-0.05, 0) is 37.3 Å². The normalized spacial score (nSPS) is 21.8. The maximum Gasteiger partial charge on any atom is 0.142 e. The van der Waals surface area contributed by atoms with Gasteiger partial charge < -0.3 is 20.1 Å². The van der Waals surface area contributed by atoms with Gasteiger partial charge in [0.2, 0.25) is 0 Å². The van der Waals surface area contributed by atoms with E-state index in [2.05, 4.69) is 23.1 Å². The van der Waals surface area contributed by atoms with Gasteiger partial charge in [-0.15, -0.1) is 0 Å². The Morgan fingerprint density at radius 2 is 2.00 bits per heavy atom. The van der Waals surface area contributed by atoms with Gasteiger partial charge in [-0.25, -0.2) is 0 Å². The highest BCUT2D eigenvalue weighted by molar-refractivity contribution is 5.59. The maximum atomic E-state index is 6.12. The summed E-state index contributed by atoms with van der Waals surface area (Å²) >= 11 is 0. The monoisotopic (exact) mass is 276 g/mol. The quantitative estimate of drug-likeness (QED) is 0.917. The molecule has 1 fully saturated rings. The van der Waals surface area contributed by atoms with Gasteiger partial charge in [-0.3, -0.25) is 0 Å². The fourth-order valence-electron chi connectivity index (χ4n) is 3.37. The van der Waals surface area contributed by atoms with Crippen molar-refractivity contribution in [2.45, 2.75) is 25.3 Å². The third-order valence-corrected chi connectivity index (χ3v) is 4.43. The van der Waals surface area contributed by atoms with Crippen LogP contribution in [-0.4, -0.2) is 39.0 Å². The zero-order chi connectivity index (χ0) is 13.8. The predicted octanol–water partition coefficient (Wildman–Crippen LogP) is 2.03. The number of nitrogens with two attached hydrogens (primary N) is 1. The molecule has 3 rings (SSSR count). The molecule has 2 aliphatic heterocycles. The molecule has 4 nitrogen and oxygen atoms in total. The molecule has 0 aliphatic carbocycles. The van der Waals surface area contributed by atoms with Crippen molar-refractivity contribution in [1.82, 2.24) is 0 Å². The van der Waals surface area contributed by atoms with Gasteiger partial charge in [0.05, 0.1) is 12.3 Å². The lowest BCUT2D eigenvalue weighted by Crippen LogP contribution is -2.47. The van der Waals surface area contributed by atoms with Crippen molar-refractivity contribution < 1.29 is 9.47 Å². The molecule has 2 heterocycles. The minimum Gasteiger partial charge on any atom is -0.491 e. The highest BCUT2D eigenvalue weighted by Crippen LogP contribution is 2.34. The molecule has 0 radical (unpaired) electrons. The first-order valence-corrected chi connectivity index (χ1v) is 7.66. The third kappa shape index (κ3) is 2.76. The van der Waals surface area contributed by atoms with Gasteiger partial charge in [-0.1, -0.05) is 12.1 Å². The molecular formula is C16H24N2O2. The zero-order valence-electron chi connectivity index (χ0n) is 12.0. The Balaban J connectivity index is 1.86. The number of ether oxygens (including phenoxy) is 2. The van der Waals surface area contributed by atoms with Gasteiger partial charge in [0, 0.05) is 32.3 Å². The van der Waals surface area contributed by atoms with E-state index in [0.717, 1.165) is 51.4 Å². The van der Waals surface area contributed by atoms with Crippen molar-refractivity contribution in [3.05, 3.63) is 24.3 Å². The summed E-state index contributed by atoms with van der Waals surface area (Å²) in [4.78, 5) is 2.47. The lowest BCUT2D eigenvalue weighted by Gasteiger charge is -2.39. The molecule has 0 bridgehead atoms. The summed E-state index contributed by atoms with van der Waals surface area (Å²) in [5.74, 6) is 1.62. The number of rotatable bonds is 3. The van der Waals surface area contributed by atoms with E-state index in [1.54, 1.807) is 0 Å². The maximum absolute atomic E-state index is 6.12. The minimum absolute atomic E-state index is 0.391. The van der Waals surface area contributed by atoms with E-state index in [-0.39, 0.29) is 0 Å². The number of hydrogen-bond donors (Lipinski definition) is 1. The van der Waals surface area contributed by atoms with Crippen molar-refractivity contribution in [3.63, 3.8) is 0 Å². The van der Waals surface area contributed by atoms with Crippen LogP contribution >= 0.6 is 0 Å². The largest absolute Gasteiger partial charge is 0.491 e. The SMILES string of the molecule is NCC(C1CCOCC1)N1CCCOc2ccccc21. The molecule has 1 aromatic carbocycles. The lowest BCUT2D eigenvalue weighted by molar-refractivity contribution is 0.0583. The Kier molecular flexibility index (Phi) is 4.43. The van der Waals surface area contributed by atoms with Crippen LogP contribution in [0.3, 0.4) is 0 Å². The zero-order valence-corrected chi connectivity index (χ0v) is 12.0. The highest BCUT2D eigenvalue weighted by atomic mass is 16.5. The van der Waals surface area contributed by atoms with Crippen LogP contribution in [0.25, 0.3) is 0 Å². The summed E-state index contributed by atoms with van der Waals surface area (Å²) in [6.45, 7) is 4.24. The number of hydrogen-bond acceptors (Lipinski definition) is 4. The molecule has 20 heavy (non-hydrogen) atoms. The van der Waals surface area contributed by atoms with Crippen LogP contribution in [-0.2, 0) is 4.74 Å². The smallest absolute Gasteiger partial charge is 0.142 e. The molecule has 1 aromatic rings. The summed E-state index contributed by atoms with van der Waals surface area (Å²) in [6, 6.07) is 8.72. The van der Waals surface area contributed by atoms with Crippen LogP contribution in [0.4, 0.5) is 5.69 Å². The molecule has 2 N–H and O–H groups in total. The van der Waals surface area contributed by atoms with Crippen molar-refractivity contribution in [2.24, 2.45) is 11.7 Å². The Bertz CT molecular complexity index is 432. The van der Waals surface area contributed by atoms with E-state index in [1.165, 1.54) is 5.69 Å². The van der Waals surface area contributed by atoms with Crippen molar-refractivity contribution in [3.8, 4) is 5.75 Å². The van der Waals surface area contributed by atoms with Crippen molar-refractivity contribution in [2.75, 3.05) is 37.8 Å². The van der Waals surface area contributed by atoms with Crippen LogP contribution < -0.4 is 15.4 Å². The predicted molar refractivity (Wildman–Crippen MR) is 80.3 cm³/mol. The van der Waals surface area contributed by atoms with Gasteiger partial charge >= 0.3 is 0 Å². The average molecular weight is 276 g/mol. The van der Waals surface area contributed by atoms with Crippen LogP contribution in [0.5, 0.6) is 5.75 Å². The second-order valence-electron chi connectivity index (χ2n) is 5.62. The van der Waals surface area contributed by atoms with E-state index in [4.69, 9.17) is 15.2 Å². The first kappa shape index (κ1) is 13.7. The van der Waals surface area contributed by atoms with Gasteiger partial charge in [0.25, 0.3) is 0 Å². The van der Waals surface area contributed by atoms with Crippen molar-refractivity contribution >= 4 is 5.69 Å². The topological polar surface area (TPSA) is 47.7 Å². The first-order chi connectivity index (χ1) is 9.90. The van der Waals surface area contributed by atoms with E-state index in [0.29, 0.717) is 18.5 Å². The molecular weight excluding hydrogens is 252 g/mol. The Hall–Kier alpha value is -1.26. The van der Waals surface area contributed by atoms with E-state index in [1.807, 2.05) is 6.07 Å². The molecule has 0 spiro atoms. The number of para-hydroxylation sites is 2. The van der Waals surface area contributed by atoms with Crippen molar-refractivity contribution in [1.29, 1.82) is 0 Å². The fraction of sp³-hybridized carbons (Fsp3) is 0.625. The molecule has 1 saturated heterocycles. The molecule has 1 atom stereocenters. The first-order valence-electron chi connectivity index (χ1n) is 7.66. The molecule has 4 heteroatoms. The Labute approximate surface area is 120 Å². The summed E-state index contributed by atoms with van der Waals surface area (Å²) in [7, 11) is 0. The fourth-order valence-corrected chi connectivity index (χ4v) is 3.37. The summed E-state index contributed by atoms with van der Waals surface area (Å²) in [5.41, 5.74) is 7.32. The second kappa shape index (κ2) is 6.46. The second-order valence-corrected chi connectivity index (χ2v) is 5.62. The van der Waals surface area contributed by atoms with Gasteiger partial charge in [-0.2, -0.15) is 0 Å². The standard InChI is InChI=1S/C16H24N2O2/c17-12-15(13-6-10-19-11-7-13)18-8-3-9-20-16-5-2-1-4-14(16)18/h1-2,4-5,13,15H,3,6-12,17H2. The Morgan fingerprint density at radius 3 is 2.80 bits per heavy atom. The number of nitrogens with zero attached hydrogens (tertiary/aromatic N) is 1. The number of anilines is 1. The van der Waals surface area contributed by atoms with E-state index < -0.39 is 0 Å². The lowest BCUT2D eigenvalue weighted by atomic mass is 9.90. The average Bonchev–Trinajstić information content (AvgIpc) is 2.72. The van der Waals surface area contributed by atoms with Crippen LogP contribution in [0.1, 0.15) is 19.3 Å². The molecule has 110 valence electrons. The Morgan fingerprint density at radius 1 is 1.20 bits per heavy atom. The third-order valence-electron chi connectivity index (χ3n) is 4.43. The van der Waals surface area contributed by atoms with Crippen LogP contribution in [0.15, 0.2) is 24.3 Å². The molecule has 0 aromatic heterocycles. The molecule has 1 unspecified atom stereocenters. The molecule has 0 saturated carbocycles. The highest BCUT2D eigenvalue weighted by Gasteiger charge is 2.30. The number of benzene rings is 1. The summed E-state index contributed by atoms with van der Waals surface area (Å²) in [5, 5.41) is 0. The number of fused-ring (bicyclic) bond motifs is 1. The van der Waals surface area contributed by atoms with Gasteiger partial charge in [0.1, 0.15) is 5.75 Å². The van der Waals surface area contributed by atoms with E-state index >= 15 is 0 Å². The van der Waals surface area contributed by atoms with Gasteiger partial charge in [0.15, 0.2) is 0 Å². The molecule has 2 aliphatic rings.